The lowest BCUT2D eigenvalue weighted by molar-refractivity contribution is -0.645. The zero-order valence-electron chi connectivity index (χ0n) is 15.5. The van der Waals surface area contributed by atoms with Gasteiger partial charge in [-0.05, 0) is 42.7 Å². The van der Waals surface area contributed by atoms with Crippen LogP contribution >= 0.6 is 0 Å². The summed E-state index contributed by atoms with van der Waals surface area (Å²) < 4.78 is 27.7. The van der Waals surface area contributed by atoms with Crippen LogP contribution in [0.25, 0.3) is 28.1 Å². The summed E-state index contributed by atoms with van der Waals surface area (Å²) in [7, 11) is 0. The van der Waals surface area contributed by atoms with Gasteiger partial charge in [0.2, 0.25) is 0 Å². The van der Waals surface area contributed by atoms with Crippen molar-refractivity contribution in [2.75, 3.05) is 0 Å². The van der Waals surface area contributed by atoms with Gasteiger partial charge in [-0.2, -0.15) is 4.57 Å². The lowest BCUT2D eigenvalue weighted by atomic mass is 10.1. The largest absolute Gasteiger partial charge is 0.295 e. The molecule has 0 amide bonds. The molecule has 110 valence electrons. The summed E-state index contributed by atoms with van der Waals surface area (Å²) in [6.45, 7) is -1.35. The van der Waals surface area contributed by atoms with E-state index in [1.807, 2.05) is 36.4 Å². The van der Waals surface area contributed by atoms with Gasteiger partial charge in [0.05, 0.1) is 5.56 Å². The number of aryl methyl sites for hydroxylation is 1. The topological polar surface area (TPSA) is 8.81 Å². The number of benzene rings is 3. The van der Waals surface area contributed by atoms with E-state index in [0.717, 1.165) is 29.1 Å². The molecule has 23 heavy (non-hydrogen) atoms. The van der Waals surface area contributed by atoms with Crippen molar-refractivity contribution in [3.05, 3.63) is 83.9 Å². The summed E-state index contributed by atoms with van der Waals surface area (Å²) in [6, 6.07) is 24.1. The second kappa shape index (κ2) is 4.56. The summed E-state index contributed by atoms with van der Waals surface area (Å²) in [5.41, 5.74) is 5.88. The van der Waals surface area contributed by atoms with Crippen LogP contribution in [0.2, 0.25) is 0 Å². The predicted molar refractivity (Wildman–Crippen MR) is 92.7 cm³/mol. The molecule has 0 atom stereocenters. The number of para-hydroxylation sites is 1. The fourth-order valence-electron chi connectivity index (χ4n) is 3.59. The molecule has 0 aliphatic carbocycles. The lowest BCUT2D eigenvalue weighted by Gasteiger charge is -2.02. The van der Waals surface area contributed by atoms with Crippen LogP contribution in [0.15, 0.2) is 72.8 Å². The Kier molecular flexibility index (Phi) is 1.98. The third-order valence-electron chi connectivity index (χ3n) is 4.58. The van der Waals surface area contributed by atoms with Gasteiger partial charge in [0.25, 0.3) is 5.82 Å². The molecule has 0 spiro atoms. The van der Waals surface area contributed by atoms with Crippen LogP contribution in [0.3, 0.4) is 0 Å². The first kappa shape index (κ1) is 10.0. The number of hydrogen-bond donors (Lipinski definition) is 0. The number of aromatic nitrogens is 2. The smallest absolute Gasteiger partial charge is 0.218 e. The fourth-order valence-corrected chi connectivity index (χ4v) is 3.59. The average molecular weight is 300 g/mol. The van der Waals surface area contributed by atoms with Crippen molar-refractivity contribution in [3.63, 3.8) is 0 Å². The maximum absolute atomic E-state index is 7.76. The molecule has 0 N–H and O–H groups in total. The normalized spacial score (nSPS) is 14.9. The van der Waals surface area contributed by atoms with E-state index in [4.69, 9.17) is 4.11 Å². The lowest BCUT2D eigenvalue weighted by Crippen LogP contribution is -2.31. The van der Waals surface area contributed by atoms with E-state index in [9.17, 15) is 0 Å². The Morgan fingerprint density at radius 3 is 2.65 bits per heavy atom. The summed E-state index contributed by atoms with van der Waals surface area (Å²) in [5.74, 6) is 1.10. The highest BCUT2D eigenvalue weighted by Crippen LogP contribution is 2.33. The third-order valence-corrected chi connectivity index (χ3v) is 4.58. The molecule has 0 radical (unpaired) electrons. The van der Waals surface area contributed by atoms with Crippen LogP contribution in [0.4, 0.5) is 0 Å². The zero-order valence-corrected chi connectivity index (χ0v) is 12.5. The maximum Gasteiger partial charge on any atom is 0.295 e. The van der Waals surface area contributed by atoms with Crippen molar-refractivity contribution < 1.29 is 8.68 Å². The van der Waals surface area contributed by atoms with Crippen LogP contribution in [0, 0.1) is 6.85 Å². The average Bonchev–Trinajstić information content (AvgIpc) is 3.16. The van der Waals surface area contributed by atoms with E-state index in [2.05, 4.69) is 39.5 Å². The van der Waals surface area contributed by atoms with Gasteiger partial charge in [-0.1, -0.05) is 42.5 Å². The van der Waals surface area contributed by atoms with Gasteiger partial charge in [-0.25, -0.2) is 4.57 Å². The highest BCUT2D eigenvalue weighted by atomic mass is 15.2. The van der Waals surface area contributed by atoms with Crippen molar-refractivity contribution in [2.45, 2.75) is 13.4 Å². The first-order valence-electron chi connectivity index (χ1n) is 9.26. The first-order valence-corrected chi connectivity index (χ1v) is 7.76. The number of nitrogens with zero attached hydrogens (tertiary/aromatic N) is 2. The molecule has 3 aromatic carbocycles. The summed E-state index contributed by atoms with van der Waals surface area (Å²) in [6.07, 6.45) is 0. The van der Waals surface area contributed by atoms with Gasteiger partial charge < -0.3 is 0 Å². The number of fused-ring (bicyclic) bond motifs is 5. The molecule has 1 aromatic heterocycles. The minimum atomic E-state index is -2.11. The van der Waals surface area contributed by atoms with Gasteiger partial charge in [0.15, 0.2) is 11.0 Å². The molecule has 0 saturated heterocycles. The van der Waals surface area contributed by atoms with E-state index >= 15 is 0 Å². The Hall–Kier alpha value is -2.87. The number of imidazole rings is 1. The van der Waals surface area contributed by atoms with Crippen molar-refractivity contribution in [1.29, 1.82) is 0 Å². The van der Waals surface area contributed by atoms with Gasteiger partial charge in [-0.15, -0.1) is 0 Å². The second-order valence-corrected chi connectivity index (χ2v) is 5.94. The van der Waals surface area contributed by atoms with E-state index in [0.29, 0.717) is 5.56 Å². The van der Waals surface area contributed by atoms with E-state index in [1.54, 1.807) is 6.07 Å². The van der Waals surface area contributed by atoms with Crippen LogP contribution in [-0.2, 0) is 6.54 Å². The van der Waals surface area contributed by atoms with Crippen LogP contribution in [0.1, 0.15) is 15.2 Å². The highest BCUT2D eigenvalue weighted by molar-refractivity contribution is 5.81. The van der Waals surface area contributed by atoms with Crippen molar-refractivity contribution in [1.82, 2.24) is 4.57 Å². The minimum Gasteiger partial charge on any atom is -0.218 e. The molecule has 2 heterocycles. The SMILES string of the molecule is [2H]C([2H])([2H])c1ccc2c(c1)[n+]1c(n2-c2ccccc2)-c2ccccc2C1. The molecule has 5 rings (SSSR count). The Morgan fingerprint density at radius 1 is 0.957 bits per heavy atom. The summed E-state index contributed by atoms with van der Waals surface area (Å²) in [5, 5.41) is 0. The van der Waals surface area contributed by atoms with E-state index in [1.165, 1.54) is 11.1 Å². The number of rotatable bonds is 1. The molecule has 4 aromatic rings. The minimum absolute atomic E-state index is 0.376. The molecular weight excluding hydrogens is 280 g/mol. The van der Waals surface area contributed by atoms with Gasteiger partial charge in [0, 0.05) is 9.68 Å². The van der Waals surface area contributed by atoms with Crippen LogP contribution < -0.4 is 4.57 Å². The van der Waals surface area contributed by atoms with Gasteiger partial charge in [0.1, 0.15) is 12.2 Å². The molecule has 2 heteroatoms. The third kappa shape index (κ3) is 1.72. The molecule has 2 nitrogen and oxygen atoms in total. The van der Waals surface area contributed by atoms with Crippen LogP contribution in [-0.4, -0.2) is 4.57 Å². The van der Waals surface area contributed by atoms with Gasteiger partial charge in [-0.3, -0.25) is 0 Å². The number of hydrogen-bond acceptors (Lipinski definition) is 0. The standard InChI is InChI=1S/C21H17N2/c1-15-11-12-19-20(13-15)22-14-16-7-5-6-10-18(16)21(22)23(19)17-8-3-2-4-9-17/h2-13H,14H2,1H3/q+1/i1D3. The molecule has 0 fully saturated rings. The molecule has 1 aliphatic rings. The quantitative estimate of drug-likeness (QED) is 0.409. The monoisotopic (exact) mass is 300 g/mol. The van der Waals surface area contributed by atoms with E-state index < -0.39 is 6.85 Å². The highest BCUT2D eigenvalue weighted by Gasteiger charge is 2.34. The summed E-state index contributed by atoms with van der Waals surface area (Å²) in [4.78, 5) is 0. The fraction of sp³-hybridized carbons (Fsp3) is 0.0952. The van der Waals surface area contributed by atoms with Crippen molar-refractivity contribution in [3.8, 4) is 17.1 Å². The second-order valence-electron chi connectivity index (χ2n) is 5.94. The summed E-state index contributed by atoms with van der Waals surface area (Å²) >= 11 is 0. The molecule has 0 unspecified atom stereocenters. The zero-order chi connectivity index (χ0) is 17.9. The predicted octanol–water partition coefficient (Wildman–Crippen LogP) is 4.26. The maximum atomic E-state index is 7.76. The van der Waals surface area contributed by atoms with Crippen LogP contribution in [0.5, 0.6) is 0 Å². The molecule has 1 aliphatic heterocycles. The Labute approximate surface area is 139 Å². The molecule has 0 bridgehead atoms. The van der Waals surface area contributed by atoms with E-state index in [-0.39, 0.29) is 0 Å². The Morgan fingerprint density at radius 2 is 1.78 bits per heavy atom. The Balaban J connectivity index is 1.89. The molecule has 0 saturated carbocycles. The van der Waals surface area contributed by atoms with Crippen molar-refractivity contribution in [2.24, 2.45) is 0 Å². The first-order chi connectivity index (χ1) is 12.5. The van der Waals surface area contributed by atoms with Crippen molar-refractivity contribution >= 4 is 11.0 Å². The Bertz CT molecular complexity index is 1140. The van der Waals surface area contributed by atoms with Gasteiger partial charge >= 0.3 is 0 Å². The molecular formula is C21H17N2+.